The molecule has 0 radical (unpaired) electrons. The number of rotatable bonds is 6. The molecular formula is C25H28ClFN4O3. The lowest BCUT2D eigenvalue weighted by molar-refractivity contribution is -0.139. The van der Waals surface area contributed by atoms with Crippen molar-refractivity contribution < 1.29 is 18.7 Å². The summed E-state index contributed by atoms with van der Waals surface area (Å²) in [7, 11) is 0. The summed E-state index contributed by atoms with van der Waals surface area (Å²) in [4.78, 5) is 29.9. The first kappa shape index (κ1) is 24.0. The molecule has 2 aliphatic rings. The summed E-state index contributed by atoms with van der Waals surface area (Å²) >= 11 is 6.20. The van der Waals surface area contributed by atoms with Crippen molar-refractivity contribution in [2.45, 2.75) is 19.9 Å². The van der Waals surface area contributed by atoms with Crippen LogP contribution in [0.15, 0.2) is 53.7 Å². The minimum absolute atomic E-state index is 0.206. The van der Waals surface area contributed by atoms with E-state index in [0.717, 1.165) is 37.4 Å². The molecule has 180 valence electrons. The van der Waals surface area contributed by atoms with Crippen LogP contribution >= 0.6 is 11.6 Å². The number of carbonyl (C=O) groups excluding carboxylic acids is 2. The molecule has 2 heterocycles. The maximum atomic E-state index is 13.5. The molecule has 1 saturated heterocycles. The Morgan fingerprint density at radius 2 is 1.85 bits per heavy atom. The van der Waals surface area contributed by atoms with Crippen LogP contribution in [0.5, 0.6) is 0 Å². The van der Waals surface area contributed by atoms with Crippen LogP contribution in [0.4, 0.5) is 14.9 Å². The predicted octanol–water partition coefficient (Wildman–Crippen LogP) is 3.78. The molecular weight excluding hydrogens is 459 g/mol. The van der Waals surface area contributed by atoms with Gasteiger partial charge >= 0.3 is 12.0 Å². The van der Waals surface area contributed by atoms with E-state index in [1.807, 2.05) is 18.2 Å². The van der Waals surface area contributed by atoms with Gasteiger partial charge in [-0.25, -0.2) is 14.0 Å². The van der Waals surface area contributed by atoms with Gasteiger partial charge in [0.2, 0.25) is 0 Å². The first-order chi connectivity index (χ1) is 16.4. The number of anilines is 1. The van der Waals surface area contributed by atoms with Crippen molar-refractivity contribution in [3.63, 3.8) is 0 Å². The highest BCUT2D eigenvalue weighted by atomic mass is 35.5. The number of benzene rings is 2. The highest BCUT2D eigenvalue weighted by molar-refractivity contribution is 6.30. The molecule has 9 heteroatoms. The second kappa shape index (κ2) is 10.4. The molecule has 1 fully saturated rings. The fourth-order valence-electron chi connectivity index (χ4n) is 4.39. The van der Waals surface area contributed by atoms with Crippen LogP contribution in [0, 0.1) is 12.7 Å². The highest BCUT2D eigenvalue weighted by Crippen LogP contribution is 2.29. The standard InChI is InChI=1S/C25H28ClFN4O3/c1-3-34-24(32)22-20(28-25(33)29-23(22)17-5-8-19(27)9-6-17)15-30-10-12-31(13-11-30)21-14-18(26)7-4-16(21)2/h4-9,14,23H,3,10-13,15H2,1-2H3,(H2,28,29,33). The molecule has 2 N–H and O–H groups in total. The average Bonchev–Trinajstić information content (AvgIpc) is 2.81. The second-order valence-corrected chi connectivity index (χ2v) is 8.83. The van der Waals surface area contributed by atoms with Crippen molar-refractivity contribution in [1.29, 1.82) is 0 Å². The number of hydrogen-bond acceptors (Lipinski definition) is 5. The van der Waals surface area contributed by atoms with Gasteiger partial charge in [-0.05, 0) is 49.2 Å². The maximum absolute atomic E-state index is 13.5. The van der Waals surface area contributed by atoms with Crippen LogP contribution in [0.2, 0.25) is 5.02 Å². The van der Waals surface area contributed by atoms with Crippen molar-refractivity contribution in [3.8, 4) is 0 Å². The van der Waals surface area contributed by atoms with Crippen molar-refractivity contribution in [3.05, 3.63) is 75.7 Å². The van der Waals surface area contributed by atoms with Crippen molar-refractivity contribution >= 4 is 29.3 Å². The lowest BCUT2D eigenvalue weighted by Crippen LogP contribution is -2.52. The fourth-order valence-corrected chi connectivity index (χ4v) is 4.56. The molecule has 0 saturated carbocycles. The Hall–Kier alpha value is -3.10. The van der Waals surface area contributed by atoms with Gasteiger partial charge in [-0.1, -0.05) is 29.8 Å². The molecule has 34 heavy (non-hydrogen) atoms. The van der Waals surface area contributed by atoms with Crippen LogP contribution in [0.1, 0.15) is 24.1 Å². The largest absolute Gasteiger partial charge is 0.463 e. The molecule has 0 aromatic heterocycles. The van der Waals surface area contributed by atoms with Gasteiger partial charge in [0.15, 0.2) is 0 Å². The van der Waals surface area contributed by atoms with E-state index in [4.69, 9.17) is 16.3 Å². The molecule has 0 bridgehead atoms. The quantitative estimate of drug-likeness (QED) is 0.608. The average molecular weight is 487 g/mol. The van der Waals surface area contributed by atoms with Gasteiger partial charge in [0.1, 0.15) is 5.82 Å². The third-order valence-corrected chi connectivity index (χ3v) is 6.35. The van der Waals surface area contributed by atoms with Crippen LogP contribution in [-0.4, -0.2) is 56.2 Å². The number of halogens is 2. The Balaban J connectivity index is 1.56. The first-order valence-corrected chi connectivity index (χ1v) is 11.7. The number of carbonyl (C=O) groups is 2. The molecule has 2 aromatic rings. The SMILES string of the molecule is CCOC(=O)C1=C(CN2CCN(c3cc(Cl)ccc3C)CC2)NC(=O)NC1c1ccc(F)cc1. The van der Waals surface area contributed by atoms with E-state index in [-0.39, 0.29) is 6.61 Å². The van der Waals surface area contributed by atoms with Gasteiger partial charge in [-0.2, -0.15) is 0 Å². The summed E-state index contributed by atoms with van der Waals surface area (Å²) in [5, 5.41) is 6.29. The smallest absolute Gasteiger partial charge is 0.338 e. The maximum Gasteiger partial charge on any atom is 0.338 e. The number of nitrogens with zero attached hydrogens (tertiary/aromatic N) is 2. The van der Waals surface area contributed by atoms with E-state index in [2.05, 4.69) is 27.4 Å². The summed E-state index contributed by atoms with van der Waals surface area (Å²) in [6.07, 6.45) is 0. The minimum atomic E-state index is -0.723. The Bertz CT molecular complexity index is 1100. The monoisotopic (exact) mass is 486 g/mol. The summed E-state index contributed by atoms with van der Waals surface area (Å²) in [5.41, 5.74) is 3.73. The van der Waals surface area contributed by atoms with E-state index in [9.17, 15) is 14.0 Å². The van der Waals surface area contributed by atoms with Crippen molar-refractivity contribution in [2.24, 2.45) is 0 Å². The van der Waals surface area contributed by atoms with E-state index in [1.165, 1.54) is 12.1 Å². The zero-order valence-corrected chi connectivity index (χ0v) is 20.0. The predicted molar refractivity (Wildman–Crippen MR) is 129 cm³/mol. The third-order valence-electron chi connectivity index (χ3n) is 6.12. The Morgan fingerprint density at radius 3 is 2.53 bits per heavy atom. The van der Waals surface area contributed by atoms with Crippen LogP contribution in [-0.2, 0) is 9.53 Å². The molecule has 7 nitrogen and oxygen atoms in total. The van der Waals surface area contributed by atoms with Gasteiger partial charge in [0, 0.05) is 49.1 Å². The number of aryl methyl sites for hydroxylation is 1. The minimum Gasteiger partial charge on any atom is -0.463 e. The van der Waals surface area contributed by atoms with Crippen LogP contribution in [0.3, 0.4) is 0 Å². The molecule has 1 atom stereocenters. The van der Waals surface area contributed by atoms with Gasteiger partial charge in [-0.15, -0.1) is 0 Å². The van der Waals surface area contributed by atoms with E-state index < -0.39 is 23.9 Å². The summed E-state index contributed by atoms with van der Waals surface area (Å²) in [6, 6.07) is 10.5. The molecule has 2 aliphatic heterocycles. The third kappa shape index (κ3) is 5.34. The van der Waals surface area contributed by atoms with E-state index in [0.29, 0.717) is 28.4 Å². The molecule has 1 unspecified atom stereocenters. The number of ether oxygens (including phenoxy) is 1. The van der Waals surface area contributed by atoms with Crippen LogP contribution in [0.25, 0.3) is 0 Å². The van der Waals surface area contributed by atoms with Crippen molar-refractivity contribution in [1.82, 2.24) is 15.5 Å². The van der Waals surface area contributed by atoms with Gasteiger partial charge in [0.25, 0.3) is 0 Å². The number of amides is 2. The number of piperazine rings is 1. The fraction of sp³-hybridized carbons (Fsp3) is 0.360. The van der Waals surface area contributed by atoms with E-state index >= 15 is 0 Å². The molecule has 2 amide bonds. The Morgan fingerprint density at radius 1 is 1.15 bits per heavy atom. The Labute approximate surface area is 203 Å². The zero-order chi connectivity index (χ0) is 24.2. The molecule has 0 aliphatic carbocycles. The summed E-state index contributed by atoms with van der Waals surface area (Å²) in [6.45, 7) is 7.46. The molecule has 2 aromatic carbocycles. The normalized spacial score (nSPS) is 19.0. The van der Waals surface area contributed by atoms with E-state index in [1.54, 1.807) is 19.1 Å². The lowest BCUT2D eigenvalue weighted by Gasteiger charge is -2.38. The highest BCUT2D eigenvalue weighted by Gasteiger charge is 2.34. The molecule has 4 rings (SSSR count). The van der Waals surface area contributed by atoms with Gasteiger partial charge in [-0.3, -0.25) is 4.90 Å². The summed E-state index contributed by atoms with van der Waals surface area (Å²) in [5.74, 6) is -0.897. The first-order valence-electron chi connectivity index (χ1n) is 11.3. The number of hydrogen-bond donors (Lipinski definition) is 2. The second-order valence-electron chi connectivity index (χ2n) is 8.39. The Kier molecular flexibility index (Phi) is 7.38. The number of urea groups is 1. The summed E-state index contributed by atoms with van der Waals surface area (Å²) < 4.78 is 18.8. The van der Waals surface area contributed by atoms with Crippen LogP contribution < -0.4 is 15.5 Å². The van der Waals surface area contributed by atoms with Gasteiger partial charge < -0.3 is 20.3 Å². The van der Waals surface area contributed by atoms with Crippen molar-refractivity contribution in [2.75, 3.05) is 44.2 Å². The number of esters is 1. The van der Waals surface area contributed by atoms with Gasteiger partial charge in [0.05, 0.1) is 18.2 Å². The number of nitrogens with one attached hydrogen (secondary N) is 2. The molecule has 0 spiro atoms. The topological polar surface area (TPSA) is 73.9 Å². The lowest BCUT2D eigenvalue weighted by atomic mass is 9.95. The zero-order valence-electron chi connectivity index (χ0n) is 19.2.